The van der Waals surface area contributed by atoms with E-state index in [4.69, 9.17) is 15.9 Å². The van der Waals surface area contributed by atoms with Gasteiger partial charge in [-0.2, -0.15) is 0 Å². The summed E-state index contributed by atoms with van der Waals surface area (Å²) in [5.74, 6) is 1.73. The number of benzene rings is 1. The molecule has 1 aliphatic rings. The molecule has 2 rings (SSSR count). The number of hydrogen-bond donors (Lipinski definition) is 1. The minimum Gasteiger partial charge on any atom is -0.497 e. The molecule has 138 valence electrons. The van der Waals surface area contributed by atoms with Gasteiger partial charge in [-0.05, 0) is 30.2 Å². The minimum absolute atomic E-state index is 0.241. The zero-order valence-electron chi connectivity index (χ0n) is 14.8. The lowest BCUT2D eigenvalue weighted by atomic mass is 9.94. The molecule has 0 radical (unpaired) electrons. The molecule has 0 saturated heterocycles. The lowest BCUT2D eigenvalue weighted by Gasteiger charge is -2.35. The van der Waals surface area contributed by atoms with Gasteiger partial charge in [0.2, 0.25) is 5.54 Å². The van der Waals surface area contributed by atoms with E-state index in [9.17, 15) is 14.4 Å². The second-order valence-corrected chi connectivity index (χ2v) is 5.66. The average Bonchev–Trinajstić information content (AvgIpc) is 2.68. The Morgan fingerprint density at radius 1 is 1.31 bits per heavy atom. The Balaban J connectivity index is 2.31. The molecule has 1 aromatic rings. The minimum atomic E-state index is -1.85. The average molecular weight is 360 g/mol. The Labute approximate surface area is 151 Å². The number of ether oxygens (including phenoxy) is 3. The summed E-state index contributed by atoms with van der Waals surface area (Å²) in [6.45, 7) is 0.0812. The van der Waals surface area contributed by atoms with Crippen molar-refractivity contribution in [2.75, 3.05) is 34.4 Å². The Morgan fingerprint density at radius 3 is 2.62 bits per heavy atom. The van der Waals surface area contributed by atoms with Crippen LogP contribution in [0.2, 0.25) is 0 Å². The zero-order chi connectivity index (χ0) is 19.3. The number of rotatable bonds is 5. The fourth-order valence-electron chi connectivity index (χ4n) is 2.77. The molecule has 1 aliphatic heterocycles. The van der Waals surface area contributed by atoms with Crippen LogP contribution in [-0.4, -0.2) is 62.8 Å². The maximum absolute atomic E-state index is 12.8. The summed E-state index contributed by atoms with van der Waals surface area (Å²) in [5, 5.41) is 2.30. The number of esters is 1. The van der Waals surface area contributed by atoms with Gasteiger partial charge in [-0.25, -0.2) is 9.59 Å². The van der Waals surface area contributed by atoms with E-state index >= 15 is 0 Å². The lowest BCUT2D eigenvalue weighted by Crippen LogP contribution is -2.61. The lowest BCUT2D eigenvalue weighted by molar-refractivity contribution is -0.146. The summed E-state index contributed by atoms with van der Waals surface area (Å²) < 4.78 is 14.4. The second kappa shape index (κ2) is 7.78. The van der Waals surface area contributed by atoms with Crippen LogP contribution < -0.4 is 10.1 Å². The quantitative estimate of drug-likeness (QED) is 0.610. The molecule has 1 aromatic carbocycles. The van der Waals surface area contributed by atoms with E-state index in [1.807, 2.05) is 0 Å². The highest BCUT2D eigenvalue weighted by Gasteiger charge is 2.43. The molecule has 1 N–H and O–H groups in total. The third-order valence-corrected chi connectivity index (χ3v) is 4.19. The van der Waals surface area contributed by atoms with E-state index in [1.54, 1.807) is 25.3 Å². The van der Waals surface area contributed by atoms with Crippen LogP contribution in [0.25, 0.3) is 0 Å². The number of carbonyl (C=O) groups excluding carboxylic acids is 3. The second-order valence-electron chi connectivity index (χ2n) is 5.66. The first kappa shape index (κ1) is 19.1. The van der Waals surface area contributed by atoms with E-state index in [-0.39, 0.29) is 12.5 Å². The van der Waals surface area contributed by atoms with Gasteiger partial charge in [0.25, 0.3) is 5.91 Å². The third-order valence-electron chi connectivity index (χ3n) is 4.19. The predicted octanol–water partition coefficient (Wildman–Crippen LogP) is 0.595. The summed E-state index contributed by atoms with van der Waals surface area (Å²) >= 11 is 0. The molecule has 0 fully saturated rings. The molecule has 1 unspecified atom stereocenters. The predicted molar refractivity (Wildman–Crippen MR) is 91.7 cm³/mol. The van der Waals surface area contributed by atoms with Crippen molar-refractivity contribution in [2.45, 2.75) is 12.0 Å². The first-order chi connectivity index (χ1) is 12.4. The fourth-order valence-corrected chi connectivity index (χ4v) is 2.77. The normalized spacial score (nSPS) is 15.2. The highest BCUT2D eigenvalue weighted by Crippen LogP contribution is 2.25. The van der Waals surface area contributed by atoms with E-state index in [0.717, 1.165) is 19.8 Å². The van der Waals surface area contributed by atoms with Crippen molar-refractivity contribution in [1.82, 2.24) is 10.2 Å². The number of amides is 2. The number of alkyl carbamates (subject to hydrolysis) is 1. The van der Waals surface area contributed by atoms with Crippen molar-refractivity contribution in [3.05, 3.63) is 29.3 Å². The number of terminal acetylenes is 1. The SMILES string of the molecule is C#CC(CN1CCc2cc(OC)ccc2C1=O)(NC(=O)OC)C(=O)OC. The molecule has 0 aliphatic carbocycles. The Bertz CT molecular complexity index is 769. The standard InChI is InChI=1S/C18H20N2O6/c1-5-18(16(22)25-3,19-17(23)26-4)11-20-9-8-12-10-13(24-2)6-7-14(12)15(20)21/h1,6-7,10H,8-9,11H2,2-4H3,(H,19,23). The topological polar surface area (TPSA) is 94.2 Å². The van der Waals surface area contributed by atoms with Gasteiger partial charge in [-0.3, -0.25) is 10.1 Å². The van der Waals surface area contributed by atoms with Crippen molar-refractivity contribution in [3.63, 3.8) is 0 Å². The summed E-state index contributed by atoms with van der Waals surface area (Å²) in [7, 11) is 3.84. The summed E-state index contributed by atoms with van der Waals surface area (Å²) in [6.07, 6.45) is 5.16. The largest absolute Gasteiger partial charge is 0.497 e. The molecule has 0 saturated carbocycles. The van der Waals surface area contributed by atoms with Crippen molar-refractivity contribution < 1.29 is 28.6 Å². The van der Waals surface area contributed by atoms with Crippen LogP contribution in [0.3, 0.4) is 0 Å². The van der Waals surface area contributed by atoms with Crippen molar-refractivity contribution >= 4 is 18.0 Å². The highest BCUT2D eigenvalue weighted by atomic mass is 16.5. The smallest absolute Gasteiger partial charge is 0.408 e. The molecular weight excluding hydrogens is 340 g/mol. The maximum atomic E-state index is 12.8. The van der Waals surface area contributed by atoms with Crippen molar-refractivity contribution in [1.29, 1.82) is 0 Å². The van der Waals surface area contributed by atoms with Gasteiger partial charge >= 0.3 is 12.1 Å². The summed E-state index contributed by atoms with van der Waals surface area (Å²) in [5.41, 5.74) is -0.511. The number of nitrogens with zero attached hydrogens (tertiary/aromatic N) is 1. The zero-order valence-corrected chi connectivity index (χ0v) is 14.8. The van der Waals surface area contributed by atoms with Crippen LogP contribution in [0, 0.1) is 12.3 Å². The van der Waals surface area contributed by atoms with E-state index in [1.165, 1.54) is 4.90 Å². The molecule has 0 spiro atoms. The molecule has 26 heavy (non-hydrogen) atoms. The monoisotopic (exact) mass is 360 g/mol. The van der Waals surface area contributed by atoms with Crippen molar-refractivity contribution in [3.8, 4) is 18.1 Å². The fraction of sp³-hybridized carbons (Fsp3) is 0.389. The number of fused-ring (bicyclic) bond motifs is 1. The molecule has 1 heterocycles. The van der Waals surface area contributed by atoms with Gasteiger partial charge in [0.1, 0.15) is 5.75 Å². The summed E-state index contributed by atoms with van der Waals surface area (Å²) in [4.78, 5) is 38.1. The van der Waals surface area contributed by atoms with Crippen LogP contribution >= 0.6 is 0 Å². The van der Waals surface area contributed by atoms with Crippen LogP contribution in [0.5, 0.6) is 5.75 Å². The van der Waals surface area contributed by atoms with Crippen molar-refractivity contribution in [2.24, 2.45) is 0 Å². The first-order valence-corrected chi connectivity index (χ1v) is 7.79. The number of hydrogen-bond acceptors (Lipinski definition) is 6. The number of nitrogens with one attached hydrogen (secondary N) is 1. The molecule has 8 heteroatoms. The Hall–Kier alpha value is -3.21. The van der Waals surface area contributed by atoms with Gasteiger partial charge in [-0.1, -0.05) is 5.92 Å². The first-order valence-electron chi connectivity index (χ1n) is 7.79. The number of methoxy groups -OCH3 is 3. The van der Waals surface area contributed by atoms with E-state index < -0.39 is 17.6 Å². The molecule has 1 atom stereocenters. The molecule has 8 nitrogen and oxygen atoms in total. The van der Waals surface area contributed by atoms with Gasteiger partial charge in [-0.15, -0.1) is 6.42 Å². The van der Waals surface area contributed by atoms with Crippen LogP contribution in [-0.2, 0) is 20.7 Å². The molecule has 2 amide bonds. The van der Waals surface area contributed by atoms with E-state index in [0.29, 0.717) is 24.3 Å². The van der Waals surface area contributed by atoms with E-state index in [2.05, 4.69) is 16.0 Å². The Kier molecular flexibility index (Phi) is 5.72. The summed E-state index contributed by atoms with van der Waals surface area (Å²) in [6, 6.07) is 5.14. The molecular formula is C18H20N2O6. The maximum Gasteiger partial charge on any atom is 0.408 e. The van der Waals surface area contributed by atoms with Crippen LogP contribution in [0.4, 0.5) is 4.79 Å². The van der Waals surface area contributed by atoms with Crippen LogP contribution in [0.15, 0.2) is 18.2 Å². The third kappa shape index (κ3) is 3.57. The molecule has 0 aromatic heterocycles. The van der Waals surface area contributed by atoms with Gasteiger partial charge < -0.3 is 19.1 Å². The molecule has 0 bridgehead atoms. The Morgan fingerprint density at radius 2 is 2.04 bits per heavy atom. The van der Waals surface area contributed by atoms with Gasteiger partial charge in [0.05, 0.1) is 27.9 Å². The van der Waals surface area contributed by atoms with Gasteiger partial charge in [0.15, 0.2) is 0 Å². The highest BCUT2D eigenvalue weighted by molar-refractivity contribution is 5.98. The van der Waals surface area contributed by atoms with Crippen LogP contribution in [0.1, 0.15) is 15.9 Å². The van der Waals surface area contributed by atoms with Gasteiger partial charge in [0, 0.05) is 12.1 Å². The number of carbonyl (C=O) groups is 3.